The molecule has 7 nitrogen and oxygen atoms in total. The van der Waals surface area contributed by atoms with E-state index in [0.717, 1.165) is 5.69 Å². The van der Waals surface area contributed by atoms with Gasteiger partial charge in [-0.1, -0.05) is 6.07 Å². The Morgan fingerprint density at radius 2 is 1.96 bits per heavy atom. The molecule has 0 aliphatic carbocycles. The van der Waals surface area contributed by atoms with E-state index in [9.17, 15) is 14.4 Å². The summed E-state index contributed by atoms with van der Waals surface area (Å²) in [4.78, 5) is 40.8. The fourth-order valence-electron chi connectivity index (χ4n) is 3.38. The summed E-state index contributed by atoms with van der Waals surface area (Å²) >= 11 is 0. The minimum atomic E-state index is -0.640. The number of pyridine rings is 1. The number of nitrogens with zero attached hydrogens (tertiary/aromatic N) is 3. The first-order chi connectivity index (χ1) is 12.5. The minimum Gasteiger partial charge on any atom is -0.458 e. The number of hydrogen-bond acceptors (Lipinski definition) is 5. The fraction of sp³-hybridized carbons (Fsp3) is 0.600. The van der Waals surface area contributed by atoms with E-state index >= 15 is 0 Å². The predicted molar refractivity (Wildman–Crippen MR) is 105 cm³/mol. The summed E-state index contributed by atoms with van der Waals surface area (Å²) in [6, 6.07) is 3.00. The lowest BCUT2D eigenvalue weighted by molar-refractivity contribution is -0.158. The first kappa shape index (κ1) is 20.9. The van der Waals surface area contributed by atoms with E-state index in [-0.39, 0.29) is 29.8 Å². The maximum atomic E-state index is 12.9. The van der Waals surface area contributed by atoms with Gasteiger partial charge in [-0.05, 0) is 66.2 Å². The molecule has 27 heavy (non-hydrogen) atoms. The summed E-state index contributed by atoms with van der Waals surface area (Å²) in [7, 11) is 0. The molecule has 1 aromatic rings. The molecule has 1 aliphatic rings. The van der Waals surface area contributed by atoms with Gasteiger partial charge in [0.2, 0.25) is 5.91 Å². The zero-order chi connectivity index (χ0) is 20.4. The van der Waals surface area contributed by atoms with Gasteiger partial charge in [0.1, 0.15) is 11.6 Å². The molecule has 7 heteroatoms. The molecule has 1 saturated heterocycles. The predicted octanol–water partition coefficient (Wildman–Crippen LogP) is 2.14. The molecule has 2 heterocycles. The molecule has 2 rings (SSSR count). The highest BCUT2D eigenvalue weighted by Crippen LogP contribution is 2.27. The van der Waals surface area contributed by atoms with Crippen molar-refractivity contribution in [1.82, 2.24) is 4.68 Å². The van der Waals surface area contributed by atoms with Crippen LogP contribution in [0.3, 0.4) is 0 Å². The van der Waals surface area contributed by atoms with E-state index < -0.39 is 11.6 Å². The number of carbonyl (C=O) groups is 2. The highest BCUT2D eigenvalue weighted by atomic mass is 16.6. The summed E-state index contributed by atoms with van der Waals surface area (Å²) in [6.07, 6.45) is 1.36. The van der Waals surface area contributed by atoms with Gasteiger partial charge in [0.25, 0.3) is 5.56 Å². The third-order valence-corrected chi connectivity index (χ3v) is 4.70. The lowest BCUT2D eigenvalue weighted by atomic mass is 9.88. The van der Waals surface area contributed by atoms with Crippen LogP contribution in [0.25, 0.3) is 0 Å². The summed E-state index contributed by atoms with van der Waals surface area (Å²) in [5.41, 5.74) is 0.574. The van der Waals surface area contributed by atoms with E-state index in [1.165, 1.54) is 0 Å². The largest absolute Gasteiger partial charge is 0.458 e. The summed E-state index contributed by atoms with van der Waals surface area (Å²) < 4.78 is 7.17. The quantitative estimate of drug-likeness (QED) is 0.595. The normalized spacial score (nSPS) is 20.3. The highest BCUT2D eigenvalue weighted by Gasteiger charge is 2.38. The molecule has 1 fully saturated rings. The van der Waals surface area contributed by atoms with Gasteiger partial charge in [0, 0.05) is 24.2 Å². The SMILES string of the molecule is C=NC(=O)CC1CCN(n2c(C)ccc(C)c2=O)C(C(=O)OC(C)(C)C)C1. The Bertz CT molecular complexity index is 791. The number of carbonyl (C=O) groups excluding carboxylic acids is 2. The maximum Gasteiger partial charge on any atom is 0.330 e. The number of rotatable bonds is 4. The molecule has 1 aromatic heterocycles. The molecule has 0 bridgehead atoms. The van der Waals surface area contributed by atoms with E-state index in [0.29, 0.717) is 24.9 Å². The summed E-state index contributed by atoms with van der Waals surface area (Å²) in [6.45, 7) is 12.8. The maximum absolute atomic E-state index is 12.9. The van der Waals surface area contributed by atoms with Gasteiger partial charge in [0.15, 0.2) is 0 Å². The van der Waals surface area contributed by atoms with Crippen molar-refractivity contribution < 1.29 is 14.3 Å². The average molecular weight is 375 g/mol. The van der Waals surface area contributed by atoms with E-state index in [4.69, 9.17) is 4.74 Å². The van der Waals surface area contributed by atoms with Crippen LogP contribution in [0.4, 0.5) is 0 Å². The van der Waals surface area contributed by atoms with Gasteiger partial charge in [-0.25, -0.2) is 14.5 Å². The molecule has 148 valence electrons. The van der Waals surface area contributed by atoms with Crippen molar-refractivity contribution in [3.8, 4) is 0 Å². The van der Waals surface area contributed by atoms with Crippen molar-refractivity contribution in [2.45, 2.75) is 65.5 Å². The van der Waals surface area contributed by atoms with Crippen molar-refractivity contribution in [3.05, 3.63) is 33.7 Å². The Morgan fingerprint density at radius 3 is 2.56 bits per heavy atom. The Kier molecular flexibility index (Phi) is 6.23. The zero-order valence-corrected chi connectivity index (χ0v) is 16.8. The first-order valence-corrected chi connectivity index (χ1v) is 9.22. The molecule has 0 N–H and O–H groups in total. The second kappa shape index (κ2) is 8.06. The van der Waals surface area contributed by atoms with Crippen LogP contribution in [0.2, 0.25) is 0 Å². The topological polar surface area (TPSA) is 81.0 Å². The third kappa shape index (κ3) is 5.05. The van der Waals surface area contributed by atoms with Gasteiger partial charge >= 0.3 is 5.97 Å². The average Bonchev–Trinajstić information content (AvgIpc) is 2.57. The molecular formula is C20H29N3O4. The van der Waals surface area contributed by atoms with Gasteiger partial charge in [-0.3, -0.25) is 14.6 Å². The second-order valence-corrected chi connectivity index (χ2v) is 8.13. The molecular weight excluding hydrogens is 346 g/mol. The number of amides is 1. The van der Waals surface area contributed by atoms with Gasteiger partial charge in [0.05, 0.1) is 0 Å². The number of aryl methyl sites for hydroxylation is 2. The van der Waals surface area contributed by atoms with E-state index in [2.05, 4.69) is 11.7 Å². The van der Waals surface area contributed by atoms with Crippen LogP contribution in [0.5, 0.6) is 0 Å². The lowest BCUT2D eigenvalue weighted by Gasteiger charge is -2.41. The van der Waals surface area contributed by atoms with Crippen LogP contribution in [-0.4, -0.2) is 41.5 Å². The van der Waals surface area contributed by atoms with Crippen molar-refractivity contribution in [2.24, 2.45) is 10.9 Å². The molecule has 2 atom stereocenters. The van der Waals surface area contributed by atoms with Crippen LogP contribution in [0.15, 0.2) is 21.9 Å². The van der Waals surface area contributed by atoms with Crippen LogP contribution in [0.1, 0.15) is 51.3 Å². The van der Waals surface area contributed by atoms with E-state index in [1.54, 1.807) is 22.7 Å². The van der Waals surface area contributed by atoms with Crippen LogP contribution < -0.4 is 10.6 Å². The second-order valence-electron chi connectivity index (χ2n) is 8.13. The smallest absolute Gasteiger partial charge is 0.330 e. The minimum absolute atomic E-state index is 0.00224. The van der Waals surface area contributed by atoms with Gasteiger partial charge in [-0.15, -0.1) is 0 Å². The van der Waals surface area contributed by atoms with Gasteiger partial charge in [-0.2, -0.15) is 0 Å². The number of piperidine rings is 1. The fourth-order valence-corrected chi connectivity index (χ4v) is 3.38. The van der Waals surface area contributed by atoms with Crippen LogP contribution in [-0.2, 0) is 14.3 Å². The highest BCUT2D eigenvalue weighted by molar-refractivity contribution is 5.81. The van der Waals surface area contributed by atoms with E-state index in [1.807, 2.05) is 33.8 Å². The third-order valence-electron chi connectivity index (χ3n) is 4.70. The number of aliphatic imine (C=N–C) groups is 1. The number of ether oxygens (including phenoxy) is 1. The molecule has 0 spiro atoms. The van der Waals surface area contributed by atoms with Gasteiger partial charge < -0.3 is 4.74 Å². The Hall–Kier alpha value is -2.44. The number of aromatic nitrogens is 1. The number of hydrogen-bond donors (Lipinski definition) is 0. The van der Waals surface area contributed by atoms with Crippen LogP contribution in [0, 0.1) is 19.8 Å². The summed E-state index contributed by atoms with van der Waals surface area (Å²) in [5.74, 6) is -0.670. The van der Waals surface area contributed by atoms with Crippen molar-refractivity contribution in [1.29, 1.82) is 0 Å². The van der Waals surface area contributed by atoms with Crippen LogP contribution >= 0.6 is 0 Å². The number of esters is 1. The summed E-state index contributed by atoms with van der Waals surface area (Å²) in [5, 5.41) is 1.78. The molecule has 2 unspecified atom stereocenters. The molecule has 0 saturated carbocycles. The zero-order valence-electron chi connectivity index (χ0n) is 16.8. The standard InChI is InChI=1S/C20H29N3O4/c1-13-7-8-14(2)23(18(13)25)22-10-9-15(12-17(24)21-6)11-16(22)19(26)27-20(3,4)5/h7-8,15-16H,6,9-12H2,1-5H3. The molecule has 0 radical (unpaired) electrons. The Morgan fingerprint density at radius 1 is 1.30 bits per heavy atom. The molecule has 0 aromatic carbocycles. The first-order valence-electron chi connectivity index (χ1n) is 9.22. The van der Waals surface area contributed by atoms with Crippen molar-refractivity contribution in [3.63, 3.8) is 0 Å². The molecule has 1 aliphatic heterocycles. The van der Waals surface area contributed by atoms with Crippen molar-refractivity contribution in [2.75, 3.05) is 11.6 Å². The van der Waals surface area contributed by atoms with Crippen molar-refractivity contribution >= 4 is 18.6 Å². The Balaban J connectivity index is 2.39. The Labute approximate surface area is 160 Å². The monoisotopic (exact) mass is 375 g/mol. The lowest BCUT2D eigenvalue weighted by Crippen LogP contribution is -2.58. The molecule has 1 amide bonds.